The van der Waals surface area contributed by atoms with Crippen LogP contribution in [-0.4, -0.2) is 4.43 Å². The Balaban J connectivity index is 2.80. The average molecular weight is 292 g/mol. The fourth-order valence-electron chi connectivity index (χ4n) is 1.38. The molecule has 0 aliphatic rings. The van der Waals surface area contributed by atoms with Gasteiger partial charge in [-0.05, 0) is 17.3 Å². The molecule has 0 aliphatic heterocycles. The van der Waals surface area contributed by atoms with E-state index < -0.39 is 0 Å². The van der Waals surface area contributed by atoms with Gasteiger partial charge in [0.05, 0.1) is 0 Å². The van der Waals surface area contributed by atoms with Crippen LogP contribution in [0.15, 0.2) is 0 Å². The topological polar surface area (TPSA) is 0 Å². The molecule has 0 saturated heterocycles. The van der Waals surface area contributed by atoms with E-state index in [1.54, 1.807) is 0 Å². The molecule has 1 heteroatoms. The highest BCUT2D eigenvalue weighted by Gasteiger charge is 1.90. The monoisotopic (exact) mass is 292 g/mol. The van der Waals surface area contributed by atoms with E-state index >= 15 is 0 Å². The van der Waals surface area contributed by atoms with E-state index in [1.165, 1.54) is 55.8 Å². The van der Waals surface area contributed by atoms with Gasteiger partial charge in [0.1, 0.15) is 0 Å². The van der Waals surface area contributed by atoms with E-state index in [9.17, 15) is 0 Å². The molecule has 0 amide bonds. The van der Waals surface area contributed by atoms with Crippen LogP contribution in [0.3, 0.4) is 0 Å². The Bertz CT molecular complexity index is 124. The van der Waals surface area contributed by atoms with Gasteiger partial charge in [0.2, 0.25) is 0 Å². The highest BCUT2D eigenvalue weighted by Crippen LogP contribution is 2.09. The summed E-state index contributed by atoms with van der Waals surface area (Å²) in [4.78, 5) is 0. The summed E-state index contributed by atoms with van der Waals surface area (Å²) in [5.41, 5.74) is 0. The lowest BCUT2D eigenvalue weighted by atomic mass is 10.1. The molecular formula is C12H21I. The summed E-state index contributed by atoms with van der Waals surface area (Å²) >= 11 is 2.45. The number of hydrogen-bond donors (Lipinski definition) is 0. The van der Waals surface area contributed by atoms with Crippen molar-refractivity contribution in [2.75, 3.05) is 4.43 Å². The SMILES string of the molecule is C#CCCCCCCCCCCI. The van der Waals surface area contributed by atoms with E-state index in [2.05, 4.69) is 28.5 Å². The van der Waals surface area contributed by atoms with E-state index in [4.69, 9.17) is 6.42 Å². The first-order chi connectivity index (χ1) is 6.41. The first-order valence-corrected chi connectivity index (χ1v) is 6.94. The molecule has 13 heavy (non-hydrogen) atoms. The summed E-state index contributed by atoms with van der Waals surface area (Å²) in [7, 11) is 0. The Morgan fingerprint density at radius 1 is 0.769 bits per heavy atom. The van der Waals surface area contributed by atoms with Crippen molar-refractivity contribution in [3.05, 3.63) is 0 Å². The van der Waals surface area contributed by atoms with Crippen molar-refractivity contribution >= 4 is 22.6 Å². The molecule has 0 heterocycles. The van der Waals surface area contributed by atoms with Crippen LogP contribution in [0.25, 0.3) is 0 Å². The number of rotatable bonds is 9. The maximum absolute atomic E-state index is 5.17. The predicted octanol–water partition coefficient (Wildman–Crippen LogP) is 4.57. The molecule has 0 fully saturated rings. The van der Waals surface area contributed by atoms with Crippen LogP contribution in [-0.2, 0) is 0 Å². The van der Waals surface area contributed by atoms with Crippen molar-refractivity contribution in [1.82, 2.24) is 0 Å². The van der Waals surface area contributed by atoms with E-state index in [0.29, 0.717) is 0 Å². The molecule has 0 saturated carbocycles. The second kappa shape index (κ2) is 12.3. The minimum Gasteiger partial charge on any atom is -0.120 e. The maximum Gasteiger partial charge on any atom is 0.00860 e. The van der Waals surface area contributed by atoms with E-state index in [1.807, 2.05) is 0 Å². The molecule has 0 radical (unpaired) electrons. The van der Waals surface area contributed by atoms with Crippen LogP contribution < -0.4 is 0 Å². The van der Waals surface area contributed by atoms with Gasteiger partial charge < -0.3 is 0 Å². The third-order valence-corrected chi connectivity index (χ3v) is 2.97. The first kappa shape index (κ1) is 13.3. The van der Waals surface area contributed by atoms with Gasteiger partial charge in [-0.15, -0.1) is 12.3 Å². The Hall–Kier alpha value is 0.290. The third-order valence-electron chi connectivity index (χ3n) is 2.20. The van der Waals surface area contributed by atoms with Gasteiger partial charge in [-0.25, -0.2) is 0 Å². The van der Waals surface area contributed by atoms with Gasteiger partial charge in [-0.2, -0.15) is 0 Å². The first-order valence-electron chi connectivity index (χ1n) is 5.41. The lowest BCUT2D eigenvalue weighted by Crippen LogP contribution is -1.81. The number of alkyl halides is 1. The molecule has 0 aromatic carbocycles. The summed E-state index contributed by atoms with van der Waals surface area (Å²) < 4.78 is 1.32. The normalized spacial score (nSPS) is 9.85. The highest BCUT2D eigenvalue weighted by molar-refractivity contribution is 14.1. The molecule has 0 aromatic rings. The highest BCUT2D eigenvalue weighted by atomic mass is 127. The second-order valence-electron chi connectivity index (χ2n) is 3.47. The van der Waals surface area contributed by atoms with Gasteiger partial charge in [0.15, 0.2) is 0 Å². The van der Waals surface area contributed by atoms with E-state index in [-0.39, 0.29) is 0 Å². The molecule has 0 nitrogen and oxygen atoms in total. The van der Waals surface area contributed by atoms with Crippen molar-refractivity contribution in [1.29, 1.82) is 0 Å². The summed E-state index contributed by atoms with van der Waals surface area (Å²) in [6.07, 6.45) is 17.2. The van der Waals surface area contributed by atoms with Crippen LogP contribution in [0.4, 0.5) is 0 Å². The fraction of sp³-hybridized carbons (Fsp3) is 0.833. The number of unbranched alkanes of at least 4 members (excludes halogenated alkanes) is 8. The minimum atomic E-state index is 0.967. The zero-order valence-corrected chi connectivity index (χ0v) is 10.7. The van der Waals surface area contributed by atoms with Crippen molar-refractivity contribution in [3.8, 4) is 12.3 Å². The quantitative estimate of drug-likeness (QED) is 0.253. The number of hydrogen-bond acceptors (Lipinski definition) is 0. The predicted molar refractivity (Wildman–Crippen MR) is 69.3 cm³/mol. The van der Waals surface area contributed by atoms with Crippen molar-refractivity contribution in [2.24, 2.45) is 0 Å². The Labute approximate surface area is 97.0 Å². The van der Waals surface area contributed by atoms with E-state index in [0.717, 1.165) is 6.42 Å². The molecule has 0 rings (SSSR count). The van der Waals surface area contributed by atoms with Gasteiger partial charge in [-0.3, -0.25) is 0 Å². The molecule has 0 bridgehead atoms. The summed E-state index contributed by atoms with van der Waals surface area (Å²) in [5, 5.41) is 0. The third kappa shape index (κ3) is 12.3. The molecule has 0 spiro atoms. The molecule has 0 aliphatic carbocycles. The summed E-state index contributed by atoms with van der Waals surface area (Å²) in [5.74, 6) is 2.69. The largest absolute Gasteiger partial charge is 0.120 e. The summed E-state index contributed by atoms with van der Waals surface area (Å²) in [6, 6.07) is 0. The van der Waals surface area contributed by atoms with Gasteiger partial charge in [0.25, 0.3) is 0 Å². The lowest BCUT2D eigenvalue weighted by molar-refractivity contribution is 0.581. The Kier molecular flexibility index (Phi) is 12.6. The minimum absolute atomic E-state index is 0.967. The standard InChI is InChI=1S/C12H21I/c1-2-3-4-5-6-7-8-9-10-11-12-13/h1H,3-12H2. The van der Waals surface area contributed by atoms with Crippen LogP contribution in [0, 0.1) is 12.3 Å². The smallest absolute Gasteiger partial charge is 0.00860 e. The average Bonchev–Trinajstić information content (AvgIpc) is 2.16. The molecule has 0 unspecified atom stereocenters. The van der Waals surface area contributed by atoms with Crippen LogP contribution in [0.1, 0.15) is 57.8 Å². The zero-order chi connectivity index (χ0) is 9.78. The van der Waals surface area contributed by atoms with Gasteiger partial charge in [-0.1, -0.05) is 61.1 Å². The molecule has 76 valence electrons. The molecule has 0 atom stereocenters. The van der Waals surface area contributed by atoms with Crippen LogP contribution in [0.5, 0.6) is 0 Å². The van der Waals surface area contributed by atoms with Gasteiger partial charge in [0, 0.05) is 6.42 Å². The lowest BCUT2D eigenvalue weighted by Gasteiger charge is -1.99. The Morgan fingerprint density at radius 2 is 1.23 bits per heavy atom. The van der Waals surface area contributed by atoms with Crippen LogP contribution in [0.2, 0.25) is 0 Å². The molecule has 0 N–H and O–H groups in total. The van der Waals surface area contributed by atoms with Crippen LogP contribution >= 0.6 is 22.6 Å². The Morgan fingerprint density at radius 3 is 1.69 bits per heavy atom. The molecule has 0 aromatic heterocycles. The zero-order valence-electron chi connectivity index (χ0n) is 8.53. The fourth-order valence-corrected chi connectivity index (χ4v) is 1.92. The number of halogens is 1. The number of terminal acetylenes is 1. The van der Waals surface area contributed by atoms with Crippen molar-refractivity contribution < 1.29 is 0 Å². The second-order valence-corrected chi connectivity index (χ2v) is 4.55. The maximum atomic E-state index is 5.17. The summed E-state index contributed by atoms with van der Waals surface area (Å²) in [6.45, 7) is 0. The van der Waals surface area contributed by atoms with Crippen molar-refractivity contribution in [3.63, 3.8) is 0 Å². The van der Waals surface area contributed by atoms with Gasteiger partial charge >= 0.3 is 0 Å². The van der Waals surface area contributed by atoms with Crippen molar-refractivity contribution in [2.45, 2.75) is 57.8 Å². The molecular weight excluding hydrogens is 271 g/mol.